The van der Waals surface area contributed by atoms with Gasteiger partial charge in [0, 0.05) is 10.5 Å². The number of nitrogens with zero attached hydrogens (tertiary/aromatic N) is 1. The van der Waals surface area contributed by atoms with Crippen LogP contribution in [0.1, 0.15) is 12.5 Å². The molecule has 2 aromatic rings. The first kappa shape index (κ1) is 15.5. The summed E-state index contributed by atoms with van der Waals surface area (Å²) >= 11 is 3.20. The van der Waals surface area contributed by atoms with Gasteiger partial charge in [-0.3, -0.25) is 10.1 Å². The molecule has 0 saturated carbocycles. The van der Waals surface area contributed by atoms with Crippen LogP contribution in [-0.2, 0) is 5.60 Å². The fourth-order valence-electron chi connectivity index (χ4n) is 1.84. The molecule has 0 amide bonds. The minimum Gasteiger partial charge on any atom is -0.490 e. The van der Waals surface area contributed by atoms with Crippen LogP contribution in [0.25, 0.3) is 0 Å². The maximum Gasteiger partial charge on any atom is 0.274 e. The average Bonchev–Trinajstić information content (AvgIpc) is 2.45. The second-order valence-corrected chi connectivity index (χ2v) is 5.75. The first-order valence-electron chi connectivity index (χ1n) is 6.24. The summed E-state index contributed by atoms with van der Waals surface area (Å²) in [5.41, 5.74) is -0.536. The minimum absolute atomic E-state index is 0.00930. The number of nitro benzene ring substituents is 1. The Labute approximate surface area is 130 Å². The third-order valence-electron chi connectivity index (χ3n) is 2.98. The molecule has 1 atom stereocenters. The standard InChI is InChI=1S/C15H14BrNO4/c1-15(18,11-5-3-2-4-6-11)10-21-14-8-12(16)7-13(9-14)17(19)20/h2-9,18H,10H2,1H3. The maximum absolute atomic E-state index is 10.8. The fourth-order valence-corrected chi connectivity index (χ4v) is 2.30. The summed E-state index contributed by atoms with van der Waals surface area (Å²) < 4.78 is 6.06. The van der Waals surface area contributed by atoms with E-state index in [0.29, 0.717) is 10.2 Å². The SMILES string of the molecule is CC(O)(COc1cc(Br)cc([N+](=O)[O-])c1)c1ccccc1. The molecule has 0 aliphatic carbocycles. The molecule has 0 heterocycles. The summed E-state index contributed by atoms with van der Waals surface area (Å²) in [5, 5.41) is 21.2. The zero-order valence-electron chi connectivity index (χ0n) is 11.3. The van der Waals surface area contributed by atoms with Gasteiger partial charge in [-0.15, -0.1) is 0 Å². The van der Waals surface area contributed by atoms with E-state index >= 15 is 0 Å². The lowest BCUT2D eigenvalue weighted by Crippen LogP contribution is -2.29. The van der Waals surface area contributed by atoms with Gasteiger partial charge in [-0.25, -0.2) is 0 Å². The number of halogens is 1. The monoisotopic (exact) mass is 351 g/mol. The molecular formula is C15H14BrNO4. The van der Waals surface area contributed by atoms with Gasteiger partial charge in [-0.1, -0.05) is 46.3 Å². The van der Waals surface area contributed by atoms with E-state index in [4.69, 9.17) is 4.74 Å². The van der Waals surface area contributed by atoms with E-state index in [-0.39, 0.29) is 12.3 Å². The number of hydrogen-bond donors (Lipinski definition) is 1. The second-order valence-electron chi connectivity index (χ2n) is 4.83. The quantitative estimate of drug-likeness (QED) is 0.659. The van der Waals surface area contributed by atoms with E-state index in [1.165, 1.54) is 12.1 Å². The molecule has 0 fully saturated rings. The first-order chi connectivity index (χ1) is 9.88. The van der Waals surface area contributed by atoms with Gasteiger partial charge in [0.15, 0.2) is 0 Å². The smallest absolute Gasteiger partial charge is 0.274 e. The third kappa shape index (κ3) is 4.03. The molecule has 0 aliphatic heterocycles. The van der Waals surface area contributed by atoms with Gasteiger partial charge in [0.1, 0.15) is 18.0 Å². The van der Waals surface area contributed by atoms with Crippen molar-refractivity contribution in [3.8, 4) is 5.75 Å². The Kier molecular flexibility index (Phi) is 4.59. The lowest BCUT2D eigenvalue weighted by molar-refractivity contribution is -0.385. The molecular weight excluding hydrogens is 338 g/mol. The molecule has 0 saturated heterocycles. The molecule has 0 spiro atoms. The Balaban J connectivity index is 2.14. The Morgan fingerprint density at radius 3 is 2.57 bits per heavy atom. The van der Waals surface area contributed by atoms with Crippen molar-refractivity contribution in [3.05, 3.63) is 68.7 Å². The van der Waals surface area contributed by atoms with Gasteiger partial charge in [0.05, 0.1) is 11.0 Å². The Hall–Kier alpha value is -1.92. The minimum atomic E-state index is -1.18. The van der Waals surface area contributed by atoms with Crippen molar-refractivity contribution >= 4 is 21.6 Å². The first-order valence-corrected chi connectivity index (χ1v) is 7.03. The summed E-state index contributed by atoms with van der Waals surface area (Å²) in [6, 6.07) is 13.4. The maximum atomic E-state index is 10.8. The number of ether oxygens (including phenoxy) is 1. The van der Waals surface area contributed by atoms with Crippen molar-refractivity contribution in [2.45, 2.75) is 12.5 Å². The van der Waals surface area contributed by atoms with E-state index < -0.39 is 10.5 Å². The van der Waals surface area contributed by atoms with Gasteiger partial charge in [-0.05, 0) is 18.6 Å². The van der Waals surface area contributed by atoms with Crippen molar-refractivity contribution in [2.24, 2.45) is 0 Å². The van der Waals surface area contributed by atoms with Crippen LogP contribution in [0.3, 0.4) is 0 Å². The molecule has 2 rings (SSSR count). The third-order valence-corrected chi connectivity index (χ3v) is 3.44. The van der Waals surface area contributed by atoms with Crippen LogP contribution in [-0.4, -0.2) is 16.6 Å². The summed E-state index contributed by atoms with van der Waals surface area (Å²) in [4.78, 5) is 10.3. The molecule has 110 valence electrons. The van der Waals surface area contributed by atoms with Gasteiger partial charge >= 0.3 is 0 Å². The van der Waals surface area contributed by atoms with E-state index in [9.17, 15) is 15.2 Å². The largest absolute Gasteiger partial charge is 0.490 e. The predicted molar refractivity (Wildman–Crippen MR) is 82.3 cm³/mol. The molecule has 0 radical (unpaired) electrons. The number of benzene rings is 2. The van der Waals surface area contributed by atoms with E-state index in [1.54, 1.807) is 25.1 Å². The van der Waals surface area contributed by atoms with E-state index in [2.05, 4.69) is 15.9 Å². The van der Waals surface area contributed by atoms with Gasteiger partial charge < -0.3 is 9.84 Å². The highest BCUT2D eigenvalue weighted by Gasteiger charge is 2.24. The van der Waals surface area contributed by atoms with Crippen LogP contribution >= 0.6 is 15.9 Å². The van der Waals surface area contributed by atoms with Gasteiger partial charge in [0.25, 0.3) is 5.69 Å². The highest BCUT2D eigenvalue weighted by molar-refractivity contribution is 9.10. The fraction of sp³-hybridized carbons (Fsp3) is 0.200. The van der Waals surface area contributed by atoms with Crippen molar-refractivity contribution in [3.63, 3.8) is 0 Å². The van der Waals surface area contributed by atoms with Crippen molar-refractivity contribution in [1.82, 2.24) is 0 Å². The number of nitro groups is 1. The summed E-state index contributed by atoms with van der Waals surface area (Å²) in [7, 11) is 0. The second kappa shape index (κ2) is 6.24. The topological polar surface area (TPSA) is 72.6 Å². The molecule has 1 unspecified atom stereocenters. The normalized spacial score (nSPS) is 13.5. The number of rotatable bonds is 5. The van der Waals surface area contributed by atoms with Crippen LogP contribution in [0.5, 0.6) is 5.75 Å². The van der Waals surface area contributed by atoms with Crippen LogP contribution in [0.15, 0.2) is 53.0 Å². The van der Waals surface area contributed by atoms with Crippen LogP contribution in [0.4, 0.5) is 5.69 Å². The Morgan fingerprint density at radius 1 is 1.29 bits per heavy atom. The summed E-state index contributed by atoms with van der Waals surface area (Å²) in [6.45, 7) is 1.62. The highest BCUT2D eigenvalue weighted by atomic mass is 79.9. The zero-order valence-corrected chi connectivity index (χ0v) is 12.9. The lowest BCUT2D eigenvalue weighted by Gasteiger charge is -2.24. The van der Waals surface area contributed by atoms with Crippen LogP contribution in [0, 0.1) is 10.1 Å². The van der Waals surface area contributed by atoms with Gasteiger partial charge in [-0.2, -0.15) is 0 Å². The molecule has 6 heteroatoms. The van der Waals surface area contributed by atoms with E-state index in [0.717, 1.165) is 5.56 Å². The van der Waals surface area contributed by atoms with Crippen LogP contribution < -0.4 is 4.74 Å². The van der Waals surface area contributed by atoms with Crippen molar-refractivity contribution in [1.29, 1.82) is 0 Å². The number of aliphatic hydroxyl groups is 1. The van der Waals surface area contributed by atoms with Gasteiger partial charge in [0.2, 0.25) is 0 Å². The Bertz CT molecular complexity index is 643. The average molecular weight is 352 g/mol. The Morgan fingerprint density at radius 2 is 1.95 bits per heavy atom. The van der Waals surface area contributed by atoms with E-state index in [1.807, 2.05) is 18.2 Å². The molecule has 5 nitrogen and oxygen atoms in total. The highest BCUT2D eigenvalue weighted by Crippen LogP contribution is 2.28. The molecule has 0 bridgehead atoms. The molecule has 0 aliphatic rings. The van der Waals surface area contributed by atoms with Crippen LogP contribution in [0.2, 0.25) is 0 Å². The zero-order chi connectivity index (χ0) is 15.5. The molecule has 1 N–H and O–H groups in total. The summed E-state index contributed by atoms with van der Waals surface area (Å²) in [5.74, 6) is 0.326. The van der Waals surface area contributed by atoms with Crippen molar-refractivity contribution < 1.29 is 14.8 Å². The molecule has 2 aromatic carbocycles. The number of hydrogen-bond acceptors (Lipinski definition) is 4. The molecule has 21 heavy (non-hydrogen) atoms. The summed E-state index contributed by atoms with van der Waals surface area (Å²) in [6.07, 6.45) is 0. The van der Waals surface area contributed by atoms with Crippen molar-refractivity contribution in [2.75, 3.05) is 6.61 Å². The lowest BCUT2D eigenvalue weighted by atomic mass is 9.97. The number of non-ortho nitro benzene ring substituents is 1. The predicted octanol–water partition coefficient (Wildman–Crippen LogP) is 3.64. The molecule has 0 aromatic heterocycles.